The molecule has 0 spiro atoms. The number of nitrogens with two attached hydrogens (primary N) is 1. The molecule has 0 aromatic carbocycles. The molecular weight excluding hydrogens is 223 g/mol. The van der Waals surface area contributed by atoms with E-state index in [-0.39, 0.29) is 11.9 Å². The van der Waals surface area contributed by atoms with Gasteiger partial charge in [-0.3, -0.25) is 0 Å². The van der Waals surface area contributed by atoms with Gasteiger partial charge in [-0.2, -0.15) is 0 Å². The van der Waals surface area contributed by atoms with Gasteiger partial charge >= 0.3 is 0 Å². The summed E-state index contributed by atoms with van der Waals surface area (Å²) in [5, 5.41) is 9.44. The Kier molecular flexibility index (Phi) is 2.12. The second-order valence-corrected chi connectivity index (χ2v) is 4.10. The zero-order chi connectivity index (χ0) is 12.0. The van der Waals surface area contributed by atoms with Crippen molar-refractivity contribution in [2.75, 3.05) is 5.73 Å². The standard InChI is InChI=1S/C11H11FN4O/c12-8-4-14-11(13)9-10(8)16(5-15-9)6-1-2-7(17)3-6/h1-2,4-7,17H,3H2,(H2,13,14)/t6-,7+/m0/s1. The molecule has 0 amide bonds. The fraction of sp³-hybridized carbons (Fsp3) is 0.273. The van der Waals surface area contributed by atoms with Crippen LogP contribution in [-0.2, 0) is 0 Å². The van der Waals surface area contributed by atoms with E-state index in [2.05, 4.69) is 9.97 Å². The molecule has 5 nitrogen and oxygen atoms in total. The molecule has 0 saturated carbocycles. The maximum atomic E-state index is 13.7. The van der Waals surface area contributed by atoms with Gasteiger partial charge in [0, 0.05) is 6.42 Å². The Morgan fingerprint density at radius 3 is 2.94 bits per heavy atom. The third-order valence-electron chi connectivity index (χ3n) is 2.98. The number of hydrogen-bond acceptors (Lipinski definition) is 4. The summed E-state index contributed by atoms with van der Waals surface area (Å²) in [6, 6.07) is -0.0914. The minimum absolute atomic E-state index is 0.0914. The number of imidazole rings is 1. The number of fused-ring (bicyclic) bond motifs is 1. The smallest absolute Gasteiger partial charge is 0.167 e. The van der Waals surface area contributed by atoms with Crippen LogP contribution >= 0.6 is 0 Å². The van der Waals surface area contributed by atoms with E-state index < -0.39 is 11.9 Å². The molecule has 6 heteroatoms. The third-order valence-corrected chi connectivity index (χ3v) is 2.98. The molecule has 88 valence electrons. The van der Waals surface area contributed by atoms with E-state index in [0.717, 1.165) is 6.20 Å². The first-order valence-corrected chi connectivity index (χ1v) is 5.29. The van der Waals surface area contributed by atoms with Crippen LogP contribution in [0, 0.1) is 5.82 Å². The van der Waals surface area contributed by atoms with Crippen molar-refractivity contribution in [3.05, 3.63) is 30.5 Å². The van der Waals surface area contributed by atoms with Crippen molar-refractivity contribution < 1.29 is 9.50 Å². The number of nitrogen functional groups attached to an aromatic ring is 1. The molecule has 0 fully saturated rings. The lowest BCUT2D eigenvalue weighted by Crippen LogP contribution is -2.08. The molecule has 0 saturated heterocycles. The summed E-state index contributed by atoms with van der Waals surface area (Å²) in [5.74, 6) is -0.246. The fourth-order valence-corrected chi connectivity index (χ4v) is 2.15. The van der Waals surface area contributed by atoms with Crippen molar-refractivity contribution >= 4 is 16.9 Å². The van der Waals surface area contributed by atoms with Gasteiger partial charge in [-0.05, 0) is 0 Å². The molecule has 0 bridgehead atoms. The Balaban J connectivity index is 2.18. The quantitative estimate of drug-likeness (QED) is 0.722. The molecule has 2 atom stereocenters. The number of halogens is 1. The number of allylic oxidation sites excluding steroid dienone is 1. The van der Waals surface area contributed by atoms with Crippen molar-refractivity contribution in [3.63, 3.8) is 0 Å². The highest BCUT2D eigenvalue weighted by Crippen LogP contribution is 2.29. The monoisotopic (exact) mass is 234 g/mol. The minimum atomic E-state index is -0.486. The Labute approximate surface area is 96.4 Å². The van der Waals surface area contributed by atoms with Gasteiger partial charge in [-0.25, -0.2) is 14.4 Å². The van der Waals surface area contributed by atoms with E-state index in [9.17, 15) is 9.50 Å². The van der Waals surface area contributed by atoms with E-state index in [4.69, 9.17) is 5.73 Å². The van der Waals surface area contributed by atoms with Gasteiger partial charge < -0.3 is 15.4 Å². The summed E-state index contributed by atoms with van der Waals surface area (Å²) in [7, 11) is 0. The maximum absolute atomic E-state index is 13.7. The lowest BCUT2D eigenvalue weighted by molar-refractivity contribution is 0.211. The van der Waals surface area contributed by atoms with Gasteiger partial charge in [0.2, 0.25) is 0 Å². The molecule has 17 heavy (non-hydrogen) atoms. The van der Waals surface area contributed by atoms with E-state index >= 15 is 0 Å². The topological polar surface area (TPSA) is 77.0 Å². The Morgan fingerprint density at radius 1 is 1.41 bits per heavy atom. The van der Waals surface area contributed by atoms with Gasteiger partial charge in [0.25, 0.3) is 0 Å². The third kappa shape index (κ3) is 1.49. The van der Waals surface area contributed by atoms with Crippen molar-refractivity contribution in [1.29, 1.82) is 0 Å². The van der Waals surface area contributed by atoms with Crippen molar-refractivity contribution in [2.45, 2.75) is 18.6 Å². The minimum Gasteiger partial charge on any atom is -0.389 e. The molecule has 2 heterocycles. The van der Waals surface area contributed by atoms with Crippen LogP contribution in [0.25, 0.3) is 11.0 Å². The first-order chi connectivity index (χ1) is 8.16. The number of aliphatic hydroxyl groups is 1. The zero-order valence-electron chi connectivity index (χ0n) is 8.92. The Morgan fingerprint density at radius 2 is 2.24 bits per heavy atom. The molecule has 1 aliphatic rings. The molecule has 3 rings (SSSR count). The van der Waals surface area contributed by atoms with Crippen molar-refractivity contribution in [2.24, 2.45) is 0 Å². The number of anilines is 1. The predicted octanol–water partition coefficient (Wildman–Crippen LogP) is 1.01. The van der Waals surface area contributed by atoms with E-state index in [1.807, 2.05) is 6.08 Å². The highest BCUT2D eigenvalue weighted by Gasteiger charge is 2.22. The molecule has 0 unspecified atom stereocenters. The summed E-state index contributed by atoms with van der Waals surface area (Å²) in [6.07, 6.45) is 6.18. The van der Waals surface area contributed by atoms with Gasteiger partial charge in [0.1, 0.15) is 11.0 Å². The van der Waals surface area contributed by atoms with Crippen molar-refractivity contribution in [3.8, 4) is 0 Å². The number of aliphatic hydroxyl groups excluding tert-OH is 1. The molecular formula is C11H11FN4O. The molecule has 2 aromatic rings. The van der Waals surface area contributed by atoms with Gasteiger partial charge in [0.15, 0.2) is 11.6 Å². The number of nitrogens with zero attached hydrogens (tertiary/aromatic N) is 3. The Hall–Kier alpha value is -1.95. The number of pyridine rings is 1. The largest absolute Gasteiger partial charge is 0.389 e. The first kappa shape index (κ1) is 10.2. The lowest BCUT2D eigenvalue weighted by atomic mass is 10.2. The van der Waals surface area contributed by atoms with Gasteiger partial charge in [-0.1, -0.05) is 12.2 Å². The summed E-state index contributed by atoms with van der Waals surface area (Å²) in [4.78, 5) is 7.79. The highest BCUT2D eigenvalue weighted by atomic mass is 19.1. The molecule has 2 aromatic heterocycles. The summed E-state index contributed by atoms with van der Waals surface area (Å²) < 4.78 is 15.4. The van der Waals surface area contributed by atoms with Gasteiger partial charge in [-0.15, -0.1) is 0 Å². The molecule has 0 radical (unpaired) electrons. The average molecular weight is 234 g/mol. The summed E-state index contributed by atoms with van der Waals surface area (Å²) in [6.45, 7) is 0. The molecule has 0 aliphatic heterocycles. The second kappa shape index (κ2) is 3.53. The normalized spacial score (nSPS) is 23.6. The number of hydrogen-bond donors (Lipinski definition) is 2. The van der Waals surface area contributed by atoms with E-state index in [1.165, 1.54) is 6.33 Å². The lowest BCUT2D eigenvalue weighted by Gasteiger charge is -2.12. The van der Waals surface area contributed by atoms with Crippen molar-refractivity contribution in [1.82, 2.24) is 14.5 Å². The van der Waals surface area contributed by atoms with Crippen LogP contribution in [0.15, 0.2) is 24.7 Å². The molecule has 1 aliphatic carbocycles. The average Bonchev–Trinajstić information content (AvgIpc) is 2.89. The second-order valence-electron chi connectivity index (χ2n) is 4.10. The number of rotatable bonds is 1. The summed E-state index contributed by atoms with van der Waals surface area (Å²) in [5.41, 5.74) is 6.34. The maximum Gasteiger partial charge on any atom is 0.167 e. The zero-order valence-corrected chi connectivity index (χ0v) is 8.92. The van der Waals surface area contributed by atoms with Crippen LogP contribution in [0.4, 0.5) is 10.2 Å². The first-order valence-electron chi connectivity index (χ1n) is 5.29. The Bertz CT molecular complexity index is 607. The van der Waals surface area contributed by atoms with Crippen LogP contribution in [0.5, 0.6) is 0 Å². The SMILES string of the molecule is Nc1ncc(F)c2c1ncn2[C@H]1C=C[C@@H](O)C1. The predicted molar refractivity (Wildman–Crippen MR) is 60.7 cm³/mol. The van der Waals surface area contributed by atoms with Crippen LogP contribution < -0.4 is 5.73 Å². The van der Waals surface area contributed by atoms with Crippen LogP contribution in [0.2, 0.25) is 0 Å². The van der Waals surface area contributed by atoms with Crippen LogP contribution in [0.3, 0.4) is 0 Å². The van der Waals surface area contributed by atoms with Gasteiger partial charge in [0.05, 0.1) is 24.7 Å². The number of aromatic nitrogens is 3. The van der Waals surface area contributed by atoms with E-state index in [1.54, 1.807) is 10.6 Å². The van der Waals surface area contributed by atoms with E-state index in [0.29, 0.717) is 17.5 Å². The van der Waals surface area contributed by atoms with Crippen LogP contribution in [0.1, 0.15) is 12.5 Å². The fourth-order valence-electron chi connectivity index (χ4n) is 2.15. The molecule has 3 N–H and O–H groups in total. The highest BCUT2D eigenvalue weighted by molar-refractivity contribution is 5.85. The summed E-state index contributed by atoms with van der Waals surface area (Å²) >= 11 is 0. The van der Waals surface area contributed by atoms with Crippen LogP contribution in [-0.4, -0.2) is 25.7 Å².